The number of aromatic nitrogens is 1. The van der Waals surface area contributed by atoms with Crippen LogP contribution in [0.1, 0.15) is 0 Å². The molecule has 1 saturated carbocycles. The van der Waals surface area contributed by atoms with Crippen LogP contribution in [0.5, 0.6) is 0 Å². The van der Waals surface area contributed by atoms with Gasteiger partial charge >= 0.3 is 33.9 Å². The van der Waals surface area contributed by atoms with Gasteiger partial charge in [-0.2, -0.15) is 0 Å². The summed E-state index contributed by atoms with van der Waals surface area (Å²) in [5.41, 5.74) is 1.89. The van der Waals surface area contributed by atoms with Crippen molar-refractivity contribution < 1.29 is 39.5 Å². The number of nitrogens with one attached hydrogen (secondary N) is 1. The third-order valence-corrected chi connectivity index (χ3v) is 3.84. The fourth-order valence-corrected chi connectivity index (χ4v) is 2.60. The van der Waals surface area contributed by atoms with Crippen LogP contribution in [-0.2, 0) is 34.4 Å². The van der Waals surface area contributed by atoms with Crippen LogP contribution in [0.3, 0.4) is 0 Å². The Bertz CT molecular complexity index is 812. The zero-order chi connectivity index (χ0) is 22.1. The zero-order valence-corrected chi connectivity index (χ0v) is 19.1. The van der Waals surface area contributed by atoms with E-state index in [0.29, 0.717) is 18.1 Å². The maximum Gasteiger partial charge on any atom is 0 e. The first kappa shape index (κ1) is 30.4. The van der Waals surface area contributed by atoms with Crippen LogP contribution in [0.25, 0.3) is 10.9 Å². The van der Waals surface area contributed by atoms with Crippen molar-refractivity contribution in [3.63, 3.8) is 0 Å². The predicted octanol–water partition coefficient (Wildman–Crippen LogP) is 3.02. The van der Waals surface area contributed by atoms with Crippen LogP contribution in [0.2, 0.25) is 5.02 Å². The summed E-state index contributed by atoms with van der Waals surface area (Å²) in [7, 11) is 0. The molecule has 0 atom stereocenters. The number of aliphatic imine (C=N–C) groups is 1. The summed E-state index contributed by atoms with van der Waals surface area (Å²) in [5.74, 6) is 1.87. The number of halogens is 1. The van der Waals surface area contributed by atoms with E-state index in [1.807, 2.05) is 43.5 Å². The summed E-state index contributed by atoms with van der Waals surface area (Å²) in [4.78, 5) is 8.72. The molecule has 30 heavy (non-hydrogen) atoms. The number of benzene rings is 1. The Morgan fingerprint density at radius 1 is 1.10 bits per heavy atom. The van der Waals surface area contributed by atoms with Crippen molar-refractivity contribution in [2.75, 3.05) is 25.0 Å². The molecule has 1 aromatic carbocycles. The van der Waals surface area contributed by atoms with E-state index in [4.69, 9.17) is 25.6 Å². The fraction of sp³-hybridized carbons (Fsp3) is 0.143. The molecule has 0 bridgehead atoms. The Kier molecular flexibility index (Phi) is 19.5. The van der Waals surface area contributed by atoms with Crippen LogP contribution in [0, 0.1) is 51.0 Å². The quantitative estimate of drug-likeness (QED) is 0.231. The van der Waals surface area contributed by atoms with Crippen molar-refractivity contribution in [2.45, 2.75) is 0 Å². The predicted molar refractivity (Wildman–Crippen MR) is 107 cm³/mol. The SMILES string of the molecule is OC[C]1[CH][CH][CH][C]1C=NCCNc1ccnc2cc(Cl)ccc12.[C-]#[O+].[C-]#[O+].[C-]#[O+].[Re]. The summed E-state index contributed by atoms with van der Waals surface area (Å²) in [6.45, 7) is 14.9. The van der Waals surface area contributed by atoms with Gasteiger partial charge < -0.3 is 10.4 Å². The minimum Gasteiger partial charge on any atom is 0 e. The molecule has 0 saturated heterocycles. The number of pyridine rings is 1. The summed E-state index contributed by atoms with van der Waals surface area (Å²) < 4.78 is 22.5. The average molecular weight is 597 g/mol. The van der Waals surface area contributed by atoms with E-state index in [0.717, 1.165) is 28.4 Å². The molecule has 0 unspecified atom stereocenters. The van der Waals surface area contributed by atoms with Gasteiger partial charge in [0.25, 0.3) is 0 Å². The maximum absolute atomic E-state index is 9.19. The molecule has 1 aliphatic carbocycles. The summed E-state index contributed by atoms with van der Waals surface area (Å²) >= 11 is 5.99. The Morgan fingerprint density at radius 2 is 1.80 bits per heavy atom. The molecule has 1 heterocycles. The molecule has 1 aliphatic rings. The van der Waals surface area contributed by atoms with Crippen LogP contribution in [-0.4, -0.2) is 36.0 Å². The van der Waals surface area contributed by atoms with E-state index in [2.05, 4.69) is 35.2 Å². The Labute approximate surface area is 195 Å². The molecule has 2 aromatic rings. The zero-order valence-electron chi connectivity index (χ0n) is 15.6. The number of anilines is 1. The molecule has 0 amide bonds. The average Bonchev–Trinajstić information content (AvgIpc) is 3.25. The van der Waals surface area contributed by atoms with Crippen molar-refractivity contribution in [1.29, 1.82) is 0 Å². The topological polar surface area (TPSA) is 117 Å². The van der Waals surface area contributed by atoms with Crippen LogP contribution >= 0.6 is 11.6 Å². The minimum atomic E-state index is 0. The van der Waals surface area contributed by atoms with E-state index >= 15 is 0 Å². The second-order valence-electron chi connectivity index (χ2n) is 5.15. The molecule has 6 radical (unpaired) electrons. The van der Waals surface area contributed by atoms with E-state index in [-0.39, 0.29) is 27.0 Å². The van der Waals surface area contributed by atoms with Gasteiger partial charge in [0.05, 0.1) is 18.7 Å². The van der Waals surface area contributed by atoms with Gasteiger partial charge in [-0.25, -0.2) is 0 Å². The molecule has 1 aromatic heterocycles. The largest absolute Gasteiger partial charge is 0 e. The number of fused-ring (bicyclic) bond motifs is 1. The first-order valence-electron chi connectivity index (χ1n) is 8.02. The minimum absolute atomic E-state index is 0. The van der Waals surface area contributed by atoms with Crippen molar-refractivity contribution >= 4 is 34.4 Å². The number of aliphatic hydroxyl groups is 1. The van der Waals surface area contributed by atoms with Crippen LogP contribution in [0.4, 0.5) is 5.69 Å². The first-order valence-corrected chi connectivity index (χ1v) is 8.40. The number of rotatable bonds is 6. The molecule has 0 spiro atoms. The smallest absolute Gasteiger partial charge is 0 e. The van der Waals surface area contributed by atoms with Crippen LogP contribution in [0.15, 0.2) is 35.5 Å². The normalized spacial score (nSPS) is 12.9. The third kappa shape index (κ3) is 9.82. The van der Waals surface area contributed by atoms with Gasteiger partial charge in [-0.1, -0.05) is 11.6 Å². The van der Waals surface area contributed by atoms with Crippen LogP contribution < -0.4 is 5.32 Å². The van der Waals surface area contributed by atoms with Crippen molar-refractivity contribution in [3.8, 4) is 0 Å². The van der Waals surface area contributed by atoms with E-state index in [1.54, 1.807) is 12.4 Å². The molecular weight excluding hydrogens is 580 g/mol. The van der Waals surface area contributed by atoms with Gasteiger partial charge in [0.2, 0.25) is 0 Å². The molecule has 154 valence electrons. The monoisotopic (exact) mass is 597 g/mol. The van der Waals surface area contributed by atoms with Gasteiger partial charge in [-0.05, 0) is 43.5 Å². The van der Waals surface area contributed by atoms with E-state index < -0.39 is 0 Å². The number of nitrogens with zero attached hydrogens (tertiary/aromatic N) is 2. The molecule has 1 fully saturated rings. The molecular formula is C21H17ClN3O4Re. The Balaban J connectivity index is 0. The fourth-order valence-electron chi connectivity index (χ4n) is 2.43. The van der Waals surface area contributed by atoms with Gasteiger partial charge in [-0.3, -0.25) is 9.98 Å². The molecule has 3 rings (SSSR count). The number of hydrogen-bond donors (Lipinski definition) is 2. The Morgan fingerprint density at radius 3 is 2.47 bits per heavy atom. The van der Waals surface area contributed by atoms with Gasteiger partial charge in [-0.15, -0.1) is 0 Å². The summed E-state index contributed by atoms with van der Waals surface area (Å²) in [6, 6.07) is 7.63. The summed E-state index contributed by atoms with van der Waals surface area (Å²) in [6.07, 6.45) is 9.33. The summed E-state index contributed by atoms with van der Waals surface area (Å²) in [5, 5.41) is 14.3. The van der Waals surface area contributed by atoms with Gasteiger partial charge in [0, 0.05) is 67.3 Å². The first-order chi connectivity index (χ1) is 14.3. The number of aliphatic hydroxyl groups excluding tert-OH is 1. The maximum atomic E-state index is 9.19. The number of hydrogen-bond acceptors (Lipinski definition) is 4. The van der Waals surface area contributed by atoms with E-state index in [9.17, 15) is 5.11 Å². The third-order valence-electron chi connectivity index (χ3n) is 3.61. The van der Waals surface area contributed by atoms with Crippen molar-refractivity contribution in [3.05, 3.63) is 86.5 Å². The van der Waals surface area contributed by atoms with Crippen molar-refractivity contribution in [2.24, 2.45) is 4.99 Å². The van der Waals surface area contributed by atoms with Gasteiger partial charge in [0.15, 0.2) is 0 Å². The molecule has 7 nitrogen and oxygen atoms in total. The molecule has 2 N–H and O–H groups in total. The molecule has 9 heteroatoms. The second-order valence-corrected chi connectivity index (χ2v) is 5.58. The standard InChI is InChI=1S/C18H17ClN3O.3CO.Re/c19-15-4-5-16-17(6-7-21-18(16)10-15)22-9-8-20-11-13-2-1-3-14(13)12-23;3*1-2;/h1-7,10-11,23H,8-9,12H2,(H,21,22);;;;. The Hall–Kier alpha value is -1.77. The molecule has 0 aliphatic heterocycles. The van der Waals surface area contributed by atoms with Gasteiger partial charge in [0.1, 0.15) is 0 Å². The van der Waals surface area contributed by atoms with E-state index in [1.165, 1.54) is 0 Å². The van der Waals surface area contributed by atoms with Crippen molar-refractivity contribution in [1.82, 2.24) is 4.98 Å². The second kappa shape index (κ2) is 19.2.